The minimum atomic E-state index is -2.93. The van der Waals surface area contributed by atoms with Crippen molar-refractivity contribution in [1.82, 2.24) is 4.90 Å². The largest absolute Gasteiger partial charge is 0.329 e. The van der Waals surface area contributed by atoms with E-state index in [1.165, 1.54) is 11.1 Å². The first-order chi connectivity index (χ1) is 8.87. The normalized spacial score (nSPS) is 25.9. The highest BCUT2D eigenvalue weighted by atomic mass is 32.2. The Kier molecular flexibility index (Phi) is 3.99. The van der Waals surface area contributed by atoms with Crippen LogP contribution in [0.4, 0.5) is 0 Å². The maximum absolute atomic E-state index is 11.7. The summed E-state index contributed by atoms with van der Waals surface area (Å²) >= 11 is 0. The maximum Gasteiger partial charge on any atom is 0.152 e. The van der Waals surface area contributed by atoms with Gasteiger partial charge in [0.25, 0.3) is 0 Å². The zero-order valence-corrected chi connectivity index (χ0v) is 12.4. The van der Waals surface area contributed by atoms with Crippen LogP contribution in [0, 0.1) is 6.92 Å². The molecule has 106 valence electrons. The number of rotatable bonds is 4. The van der Waals surface area contributed by atoms with Gasteiger partial charge in [0.1, 0.15) is 0 Å². The molecule has 2 rings (SSSR count). The Labute approximate surface area is 115 Å². The highest BCUT2D eigenvalue weighted by Gasteiger charge is 2.44. The predicted octanol–water partition coefficient (Wildman–Crippen LogP) is 0.943. The summed E-state index contributed by atoms with van der Waals surface area (Å²) < 4.78 is 23.5. The van der Waals surface area contributed by atoms with E-state index in [-0.39, 0.29) is 11.5 Å². The minimum absolute atomic E-state index is 0.179. The molecule has 1 aliphatic heterocycles. The number of hydrogen-bond donors (Lipinski definition) is 1. The van der Waals surface area contributed by atoms with E-state index in [4.69, 9.17) is 5.73 Å². The van der Waals surface area contributed by atoms with E-state index in [2.05, 4.69) is 30.0 Å². The molecule has 2 N–H and O–H groups in total. The highest BCUT2D eigenvalue weighted by Crippen LogP contribution is 2.29. The van der Waals surface area contributed by atoms with Crippen molar-refractivity contribution in [2.24, 2.45) is 5.73 Å². The Morgan fingerprint density at radius 2 is 2.16 bits per heavy atom. The third-order valence-corrected chi connectivity index (χ3v) is 5.86. The second-order valence-corrected chi connectivity index (χ2v) is 7.80. The van der Waals surface area contributed by atoms with Crippen LogP contribution in [0.3, 0.4) is 0 Å². The molecule has 1 atom stereocenters. The van der Waals surface area contributed by atoms with Gasteiger partial charge in [0, 0.05) is 18.6 Å². The lowest BCUT2D eigenvalue weighted by atomic mass is 9.96. The molecule has 1 saturated heterocycles. The smallest absolute Gasteiger partial charge is 0.152 e. The summed E-state index contributed by atoms with van der Waals surface area (Å²) in [5.41, 5.74) is 7.88. The topological polar surface area (TPSA) is 63.4 Å². The lowest BCUT2D eigenvalue weighted by molar-refractivity contribution is 0.143. The van der Waals surface area contributed by atoms with E-state index in [1.54, 1.807) is 0 Å². The van der Waals surface area contributed by atoms with E-state index in [0.717, 1.165) is 6.54 Å². The first-order valence-corrected chi connectivity index (χ1v) is 8.36. The Bertz CT molecular complexity index is 556. The fourth-order valence-corrected chi connectivity index (χ4v) is 4.91. The quantitative estimate of drug-likeness (QED) is 0.893. The van der Waals surface area contributed by atoms with E-state index < -0.39 is 15.4 Å². The fourth-order valence-electron chi connectivity index (χ4n) is 2.77. The number of hydrogen-bond acceptors (Lipinski definition) is 4. The number of sulfone groups is 1. The zero-order chi connectivity index (χ0) is 14.1. The van der Waals surface area contributed by atoms with E-state index in [0.29, 0.717) is 13.0 Å². The number of nitrogens with two attached hydrogens (primary N) is 1. The van der Waals surface area contributed by atoms with E-state index >= 15 is 0 Å². The molecule has 1 unspecified atom stereocenters. The van der Waals surface area contributed by atoms with Gasteiger partial charge in [0.2, 0.25) is 0 Å². The summed E-state index contributed by atoms with van der Waals surface area (Å²) in [6, 6.07) is 8.28. The van der Waals surface area contributed by atoms with E-state index in [1.807, 2.05) is 13.1 Å². The minimum Gasteiger partial charge on any atom is -0.329 e. The van der Waals surface area contributed by atoms with Crippen LogP contribution in [0.15, 0.2) is 24.3 Å². The molecule has 4 nitrogen and oxygen atoms in total. The van der Waals surface area contributed by atoms with Crippen molar-refractivity contribution in [1.29, 1.82) is 0 Å². The van der Waals surface area contributed by atoms with Crippen LogP contribution in [0.1, 0.15) is 17.5 Å². The third kappa shape index (κ3) is 3.16. The van der Waals surface area contributed by atoms with Crippen LogP contribution in [0.25, 0.3) is 0 Å². The number of benzene rings is 1. The lowest BCUT2D eigenvalue weighted by Crippen LogP contribution is -2.52. The van der Waals surface area contributed by atoms with Gasteiger partial charge in [-0.15, -0.1) is 0 Å². The zero-order valence-electron chi connectivity index (χ0n) is 11.6. The van der Waals surface area contributed by atoms with Crippen molar-refractivity contribution in [2.75, 3.05) is 25.1 Å². The van der Waals surface area contributed by atoms with Gasteiger partial charge in [-0.3, -0.25) is 4.90 Å². The van der Waals surface area contributed by atoms with Gasteiger partial charge in [-0.1, -0.05) is 29.8 Å². The SMILES string of the molecule is Cc1cccc(CN(C)C2(CN)CCS(=O)(=O)C2)c1. The van der Waals surface area contributed by atoms with Crippen molar-refractivity contribution in [2.45, 2.75) is 25.4 Å². The first-order valence-electron chi connectivity index (χ1n) is 6.54. The van der Waals surface area contributed by atoms with Crippen LogP contribution in [0.2, 0.25) is 0 Å². The van der Waals surface area contributed by atoms with Crippen LogP contribution in [-0.2, 0) is 16.4 Å². The highest BCUT2D eigenvalue weighted by molar-refractivity contribution is 7.91. The second-order valence-electron chi connectivity index (χ2n) is 5.62. The molecule has 1 heterocycles. The molecule has 0 radical (unpaired) electrons. The summed E-state index contributed by atoms with van der Waals surface area (Å²) in [5.74, 6) is 0.432. The molecular formula is C14H22N2O2S. The molecule has 5 heteroatoms. The van der Waals surface area contributed by atoms with Gasteiger partial charge in [-0.05, 0) is 26.0 Å². The maximum atomic E-state index is 11.7. The number of aryl methyl sites for hydroxylation is 1. The molecule has 1 fully saturated rings. The summed E-state index contributed by atoms with van der Waals surface area (Å²) in [6.45, 7) is 3.17. The molecule has 0 spiro atoms. The average Bonchev–Trinajstić information content (AvgIpc) is 2.66. The summed E-state index contributed by atoms with van der Waals surface area (Å²) in [6.07, 6.45) is 0.633. The molecule has 1 aromatic rings. The monoisotopic (exact) mass is 282 g/mol. The van der Waals surface area contributed by atoms with Gasteiger partial charge >= 0.3 is 0 Å². The molecule has 0 saturated carbocycles. The van der Waals surface area contributed by atoms with Gasteiger partial charge in [0.05, 0.1) is 11.5 Å². The first kappa shape index (κ1) is 14.5. The molecule has 0 amide bonds. The summed E-state index contributed by atoms with van der Waals surface area (Å²) in [4.78, 5) is 2.10. The van der Waals surface area contributed by atoms with Crippen LogP contribution in [0.5, 0.6) is 0 Å². The van der Waals surface area contributed by atoms with Gasteiger partial charge < -0.3 is 5.73 Å². The number of likely N-dealkylation sites (N-methyl/N-ethyl adjacent to an activating group) is 1. The summed E-state index contributed by atoms with van der Waals surface area (Å²) in [7, 11) is -0.965. The second kappa shape index (κ2) is 5.23. The number of nitrogens with zero attached hydrogens (tertiary/aromatic N) is 1. The Balaban J connectivity index is 2.16. The van der Waals surface area contributed by atoms with Gasteiger partial charge in [-0.25, -0.2) is 8.42 Å². The third-order valence-electron chi connectivity index (χ3n) is 4.06. The molecule has 19 heavy (non-hydrogen) atoms. The van der Waals surface area contributed by atoms with E-state index in [9.17, 15) is 8.42 Å². The van der Waals surface area contributed by atoms with Crippen molar-refractivity contribution < 1.29 is 8.42 Å². The molecule has 0 aliphatic carbocycles. The van der Waals surface area contributed by atoms with Crippen molar-refractivity contribution in [3.8, 4) is 0 Å². The van der Waals surface area contributed by atoms with Crippen LogP contribution >= 0.6 is 0 Å². The Morgan fingerprint density at radius 1 is 1.42 bits per heavy atom. The standard InChI is InChI=1S/C14H22N2O2S/c1-12-4-3-5-13(8-12)9-16(2)14(10-15)6-7-19(17,18)11-14/h3-5,8H,6-7,9-11,15H2,1-2H3. The molecular weight excluding hydrogens is 260 g/mol. The van der Waals surface area contributed by atoms with Gasteiger partial charge in [0.15, 0.2) is 9.84 Å². The van der Waals surface area contributed by atoms with Crippen LogP contribution in [-0.4, -0.2) is 44.0 Å². The van der Waals surface area contributed by atoms with Crippen LogP contribution < -0.4 is 5.73 Å². The molecule has 0 bridgehead atoms. The molecule has 1 aliphatic rings. The Morgan fingerprint density at radius 3 is 2.68 bits per heavy atom. The fraction of sp³-hybridized carbons (Fsp3) is 0.571. The lowest BCUT2D eigenvalue weighted by Gasteiger charge is -2.37. The van der Waals surface area contributed by atoms with Crippen molar-refractivity contribution in [3.63, 3.8) is 0 Å². The average molecular weight is 282 g/mol. The van der Waals surface area contributed by atoms with Crippen molar-refractivity contribution in [3.05, 3.63) is 35.4 Å². The van der Waals surface area contributed by atoms with Crippen molar-refractivity contribution >= 4 is 9.84 Å². The van der Waals surface area contributed by atoms with Gasteiger partial charge in [-0.2, -0.15) is 0 Å². The molecule has 0 aromatic heterocycles. The predicted molar refractivity (Wildman–Crippen MR) is 77.7 cm³/mol. The Hall–Kier alpha value is -0.910. The molecule has 1 aromatic carbocycles. The summed E-state index contributed by atoms with van der Waals surface area (Å²) in [5, 5.41) is 0.